The van der Waals surface area contributed by atoms with Crippen molar-refractivity contribution in [1.29, 1.82) is 0 Å². The Balaban J connectivity index is 1.75. The first-order chi connectivity index (χ1) is 14.5. The Hall–Kier alpha value is -3.59. The minimum Gasteiger partial charge on any atom is -0.506 e. The summed E-state index contributed by atoms with van der Waals surface area (Å²) in [5.74, 6) is 0.836. The quantitative estimate of drug-likeness (QED) is 0.112. The smallest absolute Gasteiger partial charge is 0.273 e. The molecular formula is C21H19BrN4O4. The number of nitrogens with zero attached hydrogens (tertiary/aromatic N) is 2. The molecule has 0 aliphatic rings. The monoisotopic (exact) mass is 470 g/mol. The maximum absolute atomic E-state index is 10.9. The molecule has 0 fully saturated rings. The minimum absolute atomic E-state index is 0.202. The number of guanidine groups is 1. The molecule has 0 aliphatic carbocycles. The van der Waals surface area contributed by atoms with E-state index in [1.54, 1.807) is 0 Å². The van der Waals surface area contributed by atoms with Gasteiger partial charge in [0.25, 0.3) is 5.69 Å². The van der Waals surface area contributed by atoms with Crippen molar-refractivity contribution in [2.45, 2.75) is 0 Å². The third kappa shape index (κ3) is 5.95. The number of nitro groups is 1. The highest BCUT2D eigenvalue weighted by Crippen LogP contribution is 2.28. The van der Waals surface area contributed by atoms with E-state index >= 15 is 0 Å². The molecule has 0 heterocycles. The van der Waals surface area contributed by atoms with Gasteiger partial charge in [0.05, 0.1) is 28.9 Å². The molecule has 3 rings (SSSR count). The number of aliphatic imine (C=N–C) groups is 1. The number of phenols is 1. The number of phenolic OH excluding ortho intramolecular Hbond substituents is 1. The van der Waals surface area contributed by atoms with Gasteiger partial charge in [0.2, 0.25) is 5.96 Å². The number of aromatic hydroxyl groups is 1. The number of non-ortho nitro benzene ring substituents is 1. The predicted octanol–water partition coefficient (Wildman–Crippen LogP) is 5.02. The van der Waals surface area contributed by atoms with Crippen LogP contribution in [-0.2, 0) is 0 Å². The van der Waals surface area contributed by atoms with Crippen LogP contribution in [0.25, 0.3) is 0 Å². The normalized spacial score (nSPS) is 11.0. The van der Waals surface area contributed by atoms with E-state index in [1.807, 2.05) is 54.6 Å². The fourth-order valence-electron chi connectivity index (χ4n) is 2.50. The first-order valence-electron chi connectivity index (χ1n) is 9.01. The van der Waals surface area contributed by atoms with E-state index in [9.17, 15) is 15.2 Å². The molecule has 0 spiro atoms. The molecule has 3 N–H and O–H groups in total. The van der Waals surface area contributed by atoms with Crippen LogP contribution < -0.4 is 15.4 Å². The highest BCUT2D eigenvalue weighted by atomic mass is 79.9. The van der Waals surface area contributed by atoms with Crippen LogP contribution >= 0.6 is 15.9 Å². The predicted molar refractivity (Wildman–Crippen MR) is 120 cm³/mol. The second-order valence-electron chi connectivity index (χ2n) is 6.08. The zero-order valence-electron chi connectivity index (χ0n) is 15.8. The molecule has 0 bridgehead atoms. The molecule has 3 aromatic rings. The van der Waals surface area contributed by atoms with Crippen molar-refractivity contribution in [2.24, 2.45) is 4.99 Å². The highest BCUT2D eigenvalue weighted by Gasteiger charge is 2.12. The number of rotatable bonds is 7. The molecule has 0 radical (unpaired) electrons. The van der Waals surface area contributed by atoms with E-state index in [0.717, 1.165) is 22.0 Å². The second-order valence-corrected chi connectivity index (χ2v) is 6.93. The van der Waals surface area contributed by atoms with Crippen LogP contribution in [0, 0.1) is 10.1 Å². The van der Waals surface area contributed by atoms with Crippen LogP contribution in [0.4, 0.5) is 17.1 Å². The van der Waals surface area contributed by atoms with Gasteiger partial charge in [-0.15, -0.1) is 0 Å². The maximum atomic E-state index is 10.9. The molecule has 3 aromatic carbocycles. The lowest BCUT2D eigenvalue weighted by Crippen LogP contribution is -2.23. The molecule has 9 heteroatoms. The number of hydrogen-bond acceptors (Lipinski definition) is 5. The molecule has 0 saturated carbocycles. The van der Waals surface area contributed by atoms with Crippen LogP contribution in [0.2, 0.25) is 0 Å². The van der Waals surface area contributed by atoms with Gasteiger partial charge < -0.3 is 20.5 Å². The molecule has 154 valence electrons. The zero-order valence-corrected chi connectivity index (χ0v) is 17.4. The molecule has 0 aliphatic heterocycles. The number of hydrogen-bond donors (Lipinski definition) is 3. The third-order valence-corrected chi connectivity index (χ3v) is 4.64. The number of para-hydroxylation sites is 2. The zero-order chi connectivity index (χ0) is 21.3. The van der Waals surface area contributed by atoms with E-state index in [-0.39, 0.29) is 17.1 Å². The van der Waals surface area contributed by atoms with Crippen LogP contribution in [0.5, 0.6) is 11.5 Å². The van der Waals surface area contributed by atoms with Crippen molar-refractivity contribution in [1.82, 2.24) is 0 Å². The van der Waals surface area contributed by atoms with E-state index in [0.29, 0.717) is 19.1 Å². The van der Waals surface area contributed by atoms with E-state index < -0.39 is 4.92 Å². The molecule has 0 aromatic heterocycles. The number of benzene rings is 3. The van der Waals surface area contributed by atoms with Gasteiger partial charge in [0.15, 0.2) is 0 Å². The Kier molecular flexibility index (Phi) is 7.23. The molecule has 0 amide bonds. The van der Waals surface area contributed by atoms with Crippen LogP contribution in [-0.4, -0.2) is 29.1 Å². The van der Waals surface area contributed by atoms with Crippen molar-refractivity contribution >= 4 is 39.0 Å². The molecule has 0 unspecified atom stereocenters. The van der Waals surface area contributed by atoms with Crippen molar-refractivity contribution in [3.63, 3.8) is 0 Å². The molecule has 8 nitrogen and oxygen atoms in total. The minimum atomic E-state index is -0.571. The Morgan fingerprint density at radius 1 is 1.03 bits per heavy atom. The van der Waals surface area contributed by atoms with Crippen LogP contribution in [0.1, 0.15) is 0 Å². The molecule has 0 atom stereocenters. The first kappa shape index (κ1) is 21.1. The van der Waals surface area contributed by atoms with Gasteiger partial charge in [-0.1, -0.05) is 30.3 Å². The van der Waals surface area contributed by atoms with E-state index in [1.165, 1.54) is 12.1 Å². The van der Waals surface area contributed by atoms with Crippen molar-refractivity contribution in [2.75, 3.05) is 23.8 Å². The summed E-state index contributed by atoms with van der Waals surface area (Å²) in [4.78, 5) is 14.8. The summed E-state index contributed by atoms with van der Waals surface area (Å²) in [6, 6.07) is 20.7. The van der Waals surface area contributed by atoms with Gasteiger partial charge in [0.1, 0.15) is 18.1 Å². The van der Waals surface area contributed by atoms with Gasteiger partial charge in [-0.2, -0.15) is 0 Å². The molecular weight excluding hydrogens is 452 g/mol. The highest BCUT2D eigenvalue weighted by molar-refractivity contribution is 9.10. The standard InChI is InChI=1S/C21H19BrN4O4/c22-17-8-4-5-9-18(17)24-21(23-12-13-30-16-6-2-1-3-7-16)25-19-11-10-15(26(28)29)14-20(19)27/h1-11,14,27H,12-13H2,(H2,23,24,25). The average molecular weight is 471 g/mol. The van der Waals surface area contributed by atoms with Crippen molar-refractivity contribution < 1.29 is 14.8 Å². The summed E-state index contributed by atoms with van der Waals surface area (Å²) in [7, 11) is 0. The van der Waals surface area contributed by atoms with Gasteiger partial charge in [0, 0.05) is 10.5 Å². The fraction of sp³-hybridized carbons (Fsp3) is 0.0952. The summed E-state index contributed by atoms with van der Waals surface area (Å²) in [6.45, 7) is 0.682. The van der Waals surface area contributed by atoms with Crippen LogP contribution in [0.15, 0.2) is 82.3 Å². The van der Waals surface area contributed by atoms with Gasteiger partial charge >= 0.3 is 0 Å². The number of nitrogens with one attached hydrogen (secondary N) is 2. The Morgan fingerprint density at radius 2 is 1.73 bits per heavy atom. The SMILES string of the molecule is O=[N+]([O-])c1ccc(NC(=NCCOc2ccccc2)Nc2ccccc2Br)c(O)c1. The largest absolute Gasteiger partial charge is 0.506 e. The van der Waals surface area contributed by atoms with E-state index in [2.05, 4.69) is 31.6 Å². The Morgan fingerprint density at radius 3 is 2.43 bits per heavy atom. The topological polar surface area (TPSA) is 109 Å². The fourth-order valence-corrected chi connectivity index (χ4v) is 2.89. The van der Waals surface area contributed by atoms with E-state index in [4.69, 9.17) is 4.74 Å². The number of anilines is 2. The Labute approximate surface area is 181 Å². The molecule has 30 heavy (non-hydrogen) atoms. The summed E-state index contributed by atoms with van der Waals surface area (Å²) in [5, 5.41) is 27.2. The summed E-state index contributed by atoms with van der Waals surface area (Å²) < 4.78 is 6.48. The van der Waals surface area contributed by atoms with Gasteiger partial charge in [-0.3, -0.25) is 10.1 Å². The van der Waals surface area contributed by atoms with Crippen molar-refractivity contribution in [3.05, 3.63) is 87.4 Å². The lowest BCUT2D eigenvalue weighted by Gasteiger charge is -2.15. The molecule has 0 saturated heterocycles. The van der Waals surface area contributed by atoms with Crippen molar-refractivity contribution in [3.8, 4) is 11.5 Å². The maximum Gasteiger partial charge on any atom is 0.273 e. The first-order valence-corrected chi connectivity index (χ1v) is 9.80. The third-order valence-electron chi connectivity index (χ3n) is 3.95. The summed E-state index contributed by atoms with van der Waals surface area (Å²) in [6.07, 6.45) is 0. The number of ether oxygens (including phenoxy) is 1. The van der Waals surface area contributed by atoms with Crippen LogP contribution in [0.3, 0.4) is 0 Å². The lowest BCUT2D eigenvalue weighted by molar-refractivity contribution is -0.384. The summed E-state index contributed by atoms with van der Waals surface area (Å²) in [5.41, 5.74) is 0.837. The average Bonchev–Trinajstić information content (AvgIpc) is 2.74. The lowest BCUT2D eigenvalue weighted by atomic mass is 10.2. The number of halogens is 1. The Bertz CT molecular complexity index is 1040. The van der Waals surface area contributed by atoms with Gasteiger partial charge in [-0.25, -0.2) is 4.99 Å². The second kappa shape index (κ2) is 10.3. The number of nitro benzene ring substituents is 1. The summed E-state index contributed by atoms with van der Waals surface area (Å²) >= 11 is 3.47. The van der Waals surface area contributed by atoms with Gasteiger partial charge in [-0.05, 0) is 46.3 Å².